The number of carbonyl (C=O) groups is 1. The SMILES string of the molecule is CCc1ccc(N(C)CC(=O)c2cccc(Br)c2)cc1. The molecular weight excluding hydrogens is 314 g/mol. The molecule has 2 aromatic carbocycles. The van der Waals surface area contributed by atoms with Crippen LogP contribution in [0, 0.1) is 0 Å². The molecular formula is C17H18BrNO. The van der Waals surface area contributed by atoms with E-state index in [1.54, 1.807) is 0 Å². The summed E-state index contributed by atoms with van der Waals surface area (Å²) in [5.41, 5.74) is 3.10. The molecule has 0 spiro atoms. The molecule has 2 rings (SSSR count). The lowest BCUT2D eigenvalue weighted by Crippen LogP contribution is -2.25. The Bertz CT molecular complexity index is 592. The Hall–Kier alpha value is -1.61. The zero-order valence-corrected chi connectivity index (χ0v) is 13.4. The number of hydrogen-bond donors (Lipinski definition) is 0. The van der Waals surface area contributed by atoms with E-state index in [9.17, 15) is 4.79 Å². The van der Waals surface area contributed by atoms with Crippen LogP contribution in [0.4, 0.5) is 5.69 Å². The number of likely N-dealkylation sites (N-methyl/N-ethyl adjacent to an activating group) is 1. The molecule has 0 heterocycles. The van der Waals surface area contributed by atoms with Gasteiger partial charge in [-0.15, -0.1) is 0 Å². The number of rotatable bonds is 5. The number of Topliss-reactive ketones (excluding diaryl/α,β-unsaturated/α-hetero) is 1. The molecule has 0 aromatic heterocycles. The lowest BCUT2D eigenvalue weighted by atomic mass is 10.1. The molecule has 0 aliphatic heterocycles. The summed E-state index contributed by atoms with van der Waals surface area (Å²) in [6, 6.07) is 15.8. The molecule has 0 amide bonds. The van der Waals surface area contributed by atoms with E-state index in [-0.39, 0.29) is 5.78 Å². The van der Waals surface area contributed by atoms with Gasteiger partial charge in [-0.1, -0.05) is 47.1 Å². The third-order valence-electron chi connectivity index (χ3n) is 3.31. The fourth-order valence-corrected chi connectivity index (χ4v) is 2.45. The van der Waals surface area contributed by atoms with Crippen molar-refractivity contribution in [1.29, 1.82) is 0 Å². The number of hydrogen-bond acceptors (Lipinski definition) is 2. The molecule has 104 valence electrons. The minimum Gasteiger partial charge on any atom is -0.367 e. The Balaban J connectivity index is 2.06. The van der Waals surface area contributed by atoms with E-state index in [0.717, 1.165) is 22.1 Å². The van der Waals surface area contributed by atoms with Crippen molar-refractivity contribution in [2.75, 3.05) is 18.5 Å². The lowest BCUT2D eigenvalue weighted by Gasteiger charge is -2.18. The summed E-state index contributed by atoms with van der Waals surface area (Å²) in [7, 11) is 1.94. The van der Waals surface area contributed by atoms with Gasteiger partial charge in [0.05, 0.1) is 6.54 Å². The Morgan fingerprint density at radius 1 is 1.15 bits per heavy atom. The minimum atomic E-state index is 0.119. The summed E-state index contributed by atoms with van der Waals surface area (Å²) in [4.78, 5) is 14.2. The Morgan fingerprint density at radius 2 is 1.85 bits per heavy atom. The van der Waals surface area contributed by atoms with Crippen LogP contribution in [0.3, 0.4) is 0 Å². The van der Waals surface area contributed by atoms with Crippen molar-refractivity contribution < 1.29 is 4.79 Å². The Labute approximate surface area is 128 Å². The van der Waals surface area contributed by atoms with Crippen LogP contribution in [-0.4, -0.2) is 19.4 Å². The summed E-state index contributed by atoms with van der Waals surface area (Å²) in [5, 5.41) is 0. The first-order valence-corrected chi connectivity index (χ1v) is 7.48. The molecule has 0 saturated carbocycles. The van der Waals surface area contributed by atoms with Crippen molar-refractivity contribution >= 4 is 27.4 Å². The first-order valence-electron chi connectivity index (χ1n) is 6.69. The normalized spacial score (nSPS) is 10.3. The van der Waals surface area contributed by atoms with Crippen molar-refractivity contribution in [2.24, 2.45) is 0 Å². The number of carbonyl (C=O) groups excluding carboxylic acids is 1. The molecule has 0 radical (unpaired) electrons. The highest BCUT2D eigenvalue weighted by Crippen LogP contribution is 2.16. The first-order chi connectivity index (χ1) is 9.60. The van der Waals surface area contributed by atoms with E-state index < -0.39 is 0 Å². The summed E-state index contributed by atoms with van der Waals surface area (Å²) in [5.74, 6) is 0.119. The van der Waals surface area contributed by atoms with Crippen LogP contribution in [0.2, 0.25) is 0 Å². The molecule has 0 aliphatic carbocycles. The van der Waals surface area contributed by atoms with Gasteiger partial charge in [0.2, 0.25) is 0 Å². The van der Waals surface area contributed by atoms with E-state index in [1.807, 2.05) is 36.2 Å². The maximum Gasteiger partial charge on any atom is 0.182 e. The van der Waals surface area contributed by atoms with Gasteiger partial charge in [-0.2, -0.15) is 0 Å². The Morgan fingerprint density at radius 3 is 2.45 bits per heavy atom. The average Bonchev–Trinajstić information content (AvgIpc) is 2.47. The monoisotopic (exact) mass is 331 g/mol. The van der Waals surface area contributed by atoms with Crippen LogP contribution < -0.4 is 4.90 Å². The van der Waals surface area contributed by atoms with Gasteiger partial charge in [0.1, 0.15) is 0 Å². The van der Waals surface area contributed by atoms with Gasteiger partial charge in [0, 0.05) is 22.8 Å². The molecule has 0 unspecified atom stereocenters. The van der Waals surface area contributed by atoms with Crippen molar-refractivity contribution in [3.8, 4) is 0 Å². The van der Waals surface area contributed by atoms with Gasteiger partial charge in [0.15, 0.2) is 5.78 Å². The topological polar surface area (TPSA) is 20.3 Å². The van der Waals surface area contributed by atoms with E-state index in [0.29, 0.717) is 6.54 Å². The lowest BCUT2D eigenvalue weighted by molar-refractivity contribution is 0.100. The third-order valence-corrected chi connectivity index (χ3v) is 3.81. The Kier molecular flexibility index (Phi) is 4.96. The molecule has 20 heavy (non-hydrogen) atoms. The van der Waals surface area contributed by atoms with Crippen LogP contribution in [0.25, 0.3) is 0 Å². The number of ketones is 1. The zero-order valence-electron chi connectivity index (χ0n) is 11.8. The van der Waals surface area contributed by atoms with E-state index >= 15 is 0 Å². The van der Waals surface area contributed by atoms with Crippen LogP contribution >= 0.6 is 15.9 Å². The summed E-state index contributed by atoms with van der Waals surface area (Å²) in [6.07, 6.45) is 1.03. The fourth-order valence-electron chi connectivity index (χ4n) is 2.05. The number of nitrogens with zero attached hydrogens (tertiary/aromatic N) is 1. The van der Waals surface area contributed by atoms with Gasteiger partial charge in [-0.25, -0.2) is 0 Å². The van der Waals surface area contributed by atoms with Gasteiger partial charge in [0.25, 0.3) is 0 Å². The fraction of sp³-hybridized carbons (Fsp3) is 0.235. The summed E-state index contributed by atoms with van der Waals surface area (Å²) >= 11 is 3.39. The summed E-state index contributed by atoms with van der Waals surface area (Å²) in [6.45, 7) is 2.51. The first kappa shape index (κ1) is 14.8. The smallest absolute Gasteiger partial charge is 0.182 e. The maximum atomic E-state index is 12.2. The van der Waals surface area contributed by atoms with Crippen molar-refractivity contribution in [3.63, 3.8) is 0 Å². The highest BCUT2D eigenvalue weighted by Gasteiger charge is 2.10. The maximum absolute atomic E-state index is 12.2. The number of aryl methyl sites for hydroxylation is 1. The number of anilines is 1. The van der Waals surface area contributed by atoms with Crippen LogP contribution in [0.15, 0.2) is 53.0 Å². The van der Waals surface area contributed by atoms with Crippen LogP contribution in [0.5, 0.6) is 0 Å². The van der Waals surface area contributed by atoms with Crippen LogP contribution in [0.1, 0.15) is 22.8 Å². The molecule has 0 atom stereocenters. The molecule has 0 fully saturated rings. The molecule has 0 aliphatic rings. The van der Waals surface area contributed by atoms with Gasteiger partial charge in [-0.05, 0) is 36.2 Å². The predicted octanol–water partition coefficient (Wildman–Crippen LogP) is 4.33. The minimum absolute atomic E-state index is 0.119. The molecule has 3 heteroatoms. The van der Waals surface area contributed by atoms with Gasteiger partial charge in [-0.3, -0.25) is 4.79 Å². The molecule has 2 aromatic rings. The van der Waals surface area contributed by atoms with E-state index in [4.69, 9.17) is 0 Å². The number of halogens is 1. The second-order valence-corrected chi connectivity index (χ2v) is 5.73. The molecule has 2 nitrogen and oxygen atoms in total. The largest absolute Gasteiger partial charge is 0.367 e. The average molecular weight is 332 g/mol. The number of benzene rings is 2. The predicted molar refractivity (Wildman–Crippen MR) is 87.6 cm³/mol. The highest BCUT2D eigenvalue weighted by atomic mass is 79.9. The van der Waals surface area contributed by atoms with Gasteiger partial charge < -0.3 is 4.90 Å². The zero-order chi connectivity index (χ0) is 14.5. The van der Waals surface area contributed by atoms with Crippen molar-refractivity contribution in [2.45, 2.75) is 13.3 Å². The van der Waals surface area contributed by atoms with Crippen molar-refractivity contribution in [1.82, 2.24) is 0 Å². The second kappa shape index (κ2) is 6.71. The molecule has 0 saturated heterocycles. The van der Waals surface area contributed by atoms with E-state index in [1.165, 1.54) is 5.56 Å². The van der Waals surface area contributed by atoms with E-state index in [2.05, 4.69) is 47.1 Å². The quantitative estimate of drug-likeness (QED) is 0.760. The van der Waals surface area contributed by atoms with Gasteiger partial charge >= 0.3 is 0 Å². The third kappa shape index (κ3) is 3.70. The molecule has 0 bridgehead atoms. The highest BCUT2D eigenvalue weighted by molar-refractivity contribution is 9.10. The summed E-state index contributed by atoms with van der Waals surface area (Å²) < 4.78 is 0.929. The van der Waals surface area contributed by atoms with Crippen LogP contribution in [-0.2, 0) is 6.42 Å². The molecule has 0 N–H and O–H groups in total. The van der Waals surface area contributed by atoms with Crippen molar-refractivity contribution in [3.05, 3.63) is 64.1 Å². The second-order valence-electron chi connectivity index (χ2n) is 4.81. The standard InChI is InChI=1S/C17H18BrNO/c1-3-13-7-9-16(10-8-13)19(2)12-17(20)14-5-4-6-15(18)11-14/h4-11H,3,12H2,1-2H3.